The number of amides is 1. The maximum atomic E-state index is 13.5. The molecule has 0 aliphatic heterocycles. The first kappa shape index (κ1) is 16.8. The third-order valence-electron chi connectivity index (χ3n) is 4.16. The van der Waals surface area contributed by atoms with Gasteiger partial charge in [-0.15, -0.1) is 0 Å². The molecule has 3 aromatic rings. The number of aromatic hydroxyl groups is 1. The maximum Gasteiger partial charge on any atom is 0.251 e. The Bertz CT molecular complexity index is 972. The fourth-order valence-electron chi connectivity index (χ4n) is 2.53. The summed E-state index contributed by atoms with van der Waals surface area (Å²) in [4.78, 5) is 21.4. The molecule has 25 heavy (non-hydrogen) atoms. The summed E-state index contributed by atoms with van der Waals surface area (Å²) in [6.45, 7) is 5.51. The molecule has 6 heteroatoms. The fraction of sp³-hybridized carbons (Fsp3) is 0.211. The van der Waals surface area contributed by atoms with E-state index in [9.17, 15) is 14.3 Å². The third-order valence-corrected chi connectivity index (χ3v) is 4.16. The van der Waals surface area contributed by atoms with Gasteiger partial charge in [0, 0.05) is 5.56 Å². The van der Waals surface area contributed by atoms with E-state index in [1.165, 1.54) is 12.1 Å². The topological polar surface area (TPSA) is 75.1 Å². The van der Waals surface area contributed by atoms with Gasteiger partial charge in [0.15, 0.2) is 11.6 Å². The highest BCUT2D eigenvalue weighted by molar-refractivity contribution is 5.97. The van der Waals surface area contributed by atoms with E-state index < -0.39 is 17.6 Å². The number of aryl methyl sites for hydroxylation is 2. The molecule has 128 valence electrons. The minimum absolute atomic E-state index is 0.289. The largest absolute Gasteiger partial charge is 0.505 e. The second-order valence-electron chi connectivity index (χ2n) is 6.00. The molecule has 0 bridgehead atoms. The smallest absolute Gasteiger partial charge is 0.251 e. The van der Waals surface area contributed by atoms with Crippen molar-refractivity contribution in [1.29, 1.82) is 0 Å². The Morgan fingerprint density at radius 3 is 2.44 bits per heavy atom. The number of nitrogens with zero attached hydrogens (tertiary/aromatic N) is 2. The number of hydrogen-bond donors (Lipinski definition) is 2. The van der Waals surface area contributed by atoms with Crippen LogP contribution in [0.15, 0.2) is 36.4 Å². The Hall–Kier alpha value is -3.02. The van der Waals surface area contributed by atoms with Crippen LogP contribution in [0.3, 0.4) is 0 Å². The monoisotopic (exact) mass is 339 g/mol. The van der Waals surface area contributed by atoms with Gasteiger partial charge in [-0.25, -0.2) is 14.4 Å². The van der Waals surface area contributed by atoms with E-state index in [-0.39, 0.29) is 5.91 Å². The van der Waals surface area contributed by atoms with Crippen molar-refractivity contribution < 1.29 is 14.3 Å². The van der Waals surface area contributed by atoms with Crippen molar-refractivity contribution in [2.75, 3.05) is 0 Å². The SMILES string of the molecule is Cc1nc2ccc(C(=O)NC(C)c3ccc(O)c(F)c3)cc2nc1C. The summed E-state index contributed by atoms with van der Waals surface area (Å²) in [5, 5.41) is 12.1. The number of phenolic OH excluding ortho intramolecular Hbond substituents is 1. The first-order valence-electron chi connectivity index (χ1n) is 7.89. The lowest BCUT2D eigenvalue weighted by Crippen LogP contribution is -2.26. The number of aromatic nitrogens is 2. The van der Waals surface area contributed by atoms with Crippen LogP contribution in [0.4, 0.5) is 4.39 Å². The quantitative estimate of drug-likeness (QED) is 0.765. The molecule has 1 unspecified atom stereocenters. The van der Waals surface area contributed by atoms with Crippen LogP contribution < -0.4 is 5.32 Å². The summed E-state index contributed by atoms with van der Waals surface area (Å²) in [6, 6.07) is 8.77. The highest BCUT2D eigenvalue weighted by Gasteiger charge is 2.14. The number of benzene rings is 2. The summed E-state index contributed by atoms with van der Waals surface area (Å²) < 4.78 is 13.5. The number of phenols is 1. The van der Waals surface area contributed by atoms with Crippen LogP contribution in [0.1, 0.15) is 40.3 Å². The Labute approximate surface area is 144 Å². The molecular weight excluding hydrogens is 321 g/mol. The molecule has 0 aliphatic rings. The summed E-state index contributed by atoms with van der Waals surface area (Å²) in [5.41, 5.74) is 4.07. The summed E-state index contributed by atoms with van der Waals surface area (Å²) >= 11 is 0. The average molecular weight is 339 g/mol. The standard InChI is InChI=1S/C19H18FN3O2/c1-10-11(2)22-17-9-14(4-6-16(17)21-10)19(25)23-12(3)13-5-7-18(24)15(20)8-13/h4-9,12,24H,1-3H3,(H,23,25). The Morgan fingerprint density at radius 2 is 1.76 bits per heavy atom. The second-order valence-corrected chi connectivity index (χ2v) is 6.00. The lowest BCUT2D eigenvalue weighted by atomic mass is 10.1. The van der Waals surface area contributed by atoms with Gasteiger partial charge in [-0.1, -0.05) is 6.07 Å². The summed E-state index contributed by atoms with van der Waals surface area (Å²) in [6.07, 6.45) is 0. The molecule has 1 aromatic heterocycles. The molecule has 0 saturated carbocycles. The van der Waals surface area contributed by atoms with Gasteiger partial charge in [0.1, 0.15) is 0 Å². The lowest BCUT2D eigenvalue weighted by Gasteiger charge is -2.15. The van der Waals surface area contributed by atoms with Crippen LogP contribution in [0, 0.1) is 19.7 Å². The van der Waals surface area contributed by atoms with Gasteiger partial charge in [-0.3, -0.25) is 4.79 Å². The number of carbonyl (C=O) groups is 1. The van der Waals surface area contributed by atoms with E-state index in [1.807, 2.05) is 13.8 Å². The van der Waals surface area contributed by atoms with Crippen molar-refractivity contribution in [3.05, 3.63) is 64.7 Å². The normalized spacial score (nSPS) is 12.2. The third kappa shape index (κ3) is 3.42. The van der Waals surface area contributed by atoms with E-state index >= 15 is 0 Å². The van der Waals surface area contributed by atoms with Crippen molar-refractivity contribution in [1.82, 2.24) is 15.3 Å². The first-order valence-corrected chi connectivity index (χ1v) is 7.89. The zero-order chi connectivity index (χ0) is 18.1. The van der Waals surface area contributed by atoms with Gasteiger partial charge >= 0.3 is 0 Å². The molecule has 2 N–H and O–H groups in total. The molecule has 0 saturated heterocycles. The maximum absolute atomic E-state index is 13.5. The Morgan fingerprint density at radius 1 is 1.08 bits per heavy atom. The molecule has 0 spiro atoms. The Kier molecular flexibility index (Phi) is 4.35. The number of carbonyl (C=O) groups excluding carboxylic acids is 1. The molecule has 0 aliphatic carbocycles. The van der Waals surface area contributed by atoms with Crippen LogP contribution in [0.2, 0.25) is 0 Å². The van der Waals surface area contributed by atoms with E-state index in [4.69, 9.17) is 0 Å². The van der Waals surface area contributed by atoms with Gasteiger partial charge < -0.3 is 10.4 Å². The minimum atomic E-state index is -0.717. The minimum Gasteiger partial charge on any atom is -0.505 e. The van der Waals surface area contributed by atoms with Crippen molar-refractivity contribution in [3.8, 4) is 5.75 Å². The van der Waals surface area contributed by atoms with E-state index in [1.54, 1.807) is 31.2 Å². The van der Waals surface area contributed by atoms with Gasteiger partial charge in [0.25, 0.3) is 5.91 Å². The molecule has 1 atom stereocenters. The number of fused-ring (bicyclic) bond motifs is 1. The predicted octanol–water partition coefficient (Wildman–Crippen LogP) is 3.58. The molecule has 1 heterocycles. The summed E-state index contributed by atoms with van der Waals surface area (Å²) in [7, 11) is 0. The lowest BCUT2D eigenvalue weighted by molar-refractivity contribution is 0.0940. The van der Waals surface area contributed by atoms with Crippen LogP contribution in [0.5, 0.6) is 5.75 Å². The molecule has 5 nitrogen and oxygen atoms in total. The van der Waals surface area contributed by atoms with Crippen LogP contribution in [0.25, 0.3) is 11.0 Å². The van der Waals surface area contributed by atoms with Crippen molar-refractivity contribution >= 4 is 16.9 Å². The van der Waals surface area contributed by atoms with Crippen LogP contribution >= 0.6 is 0 Å². The second kappa shape index (κ2) is 6.47. The van der Waals surface area contributed by atoms with Crippen molar-refractivity contribution in [2.45, 2.75) is 26.8 Å². The fourth-order valence-corrected chi connectivity index (χ4v) is 2.53. The zero-order valence-electron chi connectivity index (χ0n) is 14.2. The highest BCUT2D eigenvalue weighted by atomic mass is 19.1. The van der Waals surface area contributed by atoms with Gasteiger partial charge in [0.05, 0.1) is 28.5 Å². The zero-order valence-corrected chi connectivity index (χ0v) is 14.2. The van der Waals surface area contributed by atoms with Crippen LogP contribution in [-0.2, 0) is 0 Å². The number of rotatable bonds is 3. The van der Waals surface area contributed by atoms with Gasteiger partial charge in [-0.05, 0) is 56.7 Å². The summed E-state index contributed by atoms with van der Waals surface area (Å²) in [5.74, 6) is -1.42. The van der Waals surface area contributed by atoms with E-state index in [0.717, 1.165) is 16.9 Å². The number of nitrogens with one attached hydrogen (secondary N) is 1. The van der Waals surface area contributed by atoms with E-state index in [2.05, 4.69) is 15.3 Å². The van der Waals surface area contributed by atoms with Crippen molar-refractivity contribution in [2.24, 2.45) is 0 Å². The molecule has 3 rings (SSSR count). The van der Waals surface area contributed by atoms with Gasteiger partial charge in [0.2, 0.25) is 0 Å². The average Bonchev–Trinajstić information content (AvgIpc) is 2.57. The van der Waals surface area contributed by atoms with E-state index in [0.29, 0.717) is 16.6 Å². The molecular formula is C19H18FN3O2. The van der Waals surface area contributed by atoms with Crippen LogP contribution in [-0.4, -0.2) is 21.0 Å². The molecule has 0 fully saturated rings. The first-order chi connectivity index (χ1) is 11.8. The predicted molar refractivity (Wildman–Crippen MR) is 93.0 cm³/mol. The Balaban J connectivity index is 1.83. The highest BCUT2D eigenvalue weighted by Crippen LogP contribution is 2.21. The van der Waals surface area contributed by atoms with Crippen molar-refractivity contribution in [3.63, 3.8) is 0 Å². The number of hydrogen-bond acceptors (Lipinski definition) is 4. The number of halogens is 1. The molecule has 1 amide bonds. The molecule has 2 aromatic carbocycles. The van der Waals surface area contributed by atoms with Gasteiger partial charge in [-0.2, -0.15) is 0 Å². The molecule has 0 radical (unpaired) electrons.